The minimum absolute atomic E-state index is 0.0363. The van der Waals surface area contributed by atoms with Gasteiger partial charge in [-0.1, -0.05) is 6.07 Å². The molecule has 0 aromatic heterocycles. The van der Waals surface area contributed by atoms with Crippen molar-refractivity contribution in [3.05, 3.63) is 54.1 Å². The van der Waals surface area contributed by atoms with Crippen molar-refractivity contribution in [2.24, 2.45) is 0 Å². The van der Waals surface area contributed by atoms with E-state index in [1.54, 1.807) is 25.3 Å². The van der Waals surface area contributed by atoms with Crippen molar-refractivity contribution in [1.29, 1.82) is 0 Å². The third-order valence-corrected chi connectivity index (χ3v) is 3.33. The summed E-state index contributed by atoms with van der Waals surface area (Å²) in [5, 5.41) is 5.98. The molecule has 5 nitrogen and oxygen atoms in total. The Bertz CT molecular complexity index is 681. The molecular weight excluding hydrogens is 292 g/mol. The van der Waals surface area contributed by atoms with Crippen LogP contribution < -0.4 is 15.4 Å². The van der Waals surface area contributed by atoms with Crippen LogP contribution in [0.1, 0.15) is 23.7 Å². The van der Waals surface area contributed by atoms with Crippen molar-refractivity contribution in [2.75, 3.05) is 24.3 Å². The highest BCUT2D eigenvalue weighted by atomic mass is 16.5. The molecule has 2 aromatic carbocycles. The average molecular weight is 312 g/mol. The molecule has 0 aliphatic carbocycles. The molecule has 0 saturated heterocycles. The van der Waals surface area contributed by atoms with Gasteiger partial charge in [0.25, 0.3) is 0 Å². The Balaban J connectivity index is 1.79. The van der Waals surface area contributed by atoms with Crippen molar-refractivity contribution >= 4 is 23.1 Å². The van der Waals surface area contributed by atoms with E-state index in [0.717, 1.165) is 5.69 Å². The van der Waals surface area contributed by atoms with Crippen molar-refractivity contribution in [1.82, 2.24) is 0 Å². The van der Waals surface area contributed by atoms with Crippen LogP contribution in [0.25, 0.3) is 0 Å². The summed E-state index contributed by atoms with van der Waals surface area (Å²) in [6.45, 7) is 2.04. The molecule has 120 valence electrons. The second kappa shape index (κ2) is 7.98. The van der Waals surface area contributed by atoms with Crippen LogP contribution in [0.2, 0.25) is 0 Å². The monoisotopic (exact) mass is 312 g/mol. The fraction of sp³-hybridized carbons (Fsp3) is 0.222. The zero-order valence-corrected chi connectivity index (χ0v) is 13.3. The van der Waals surface area contributed by atoms with Gasteiger partial charge in [-0.3, -0.25) is 9.59 Å². The highest BCUT2D eigenvalue weighted by Crippen LogP contribution is 2.16. The highest BCUT2D eigenvalue weighted by Gasteiger charge is 2.04. The van der Waals surface area contributed by atoms with Crippen LogP contribution in [0.15, 0.2) is 48.5 Å². The zero-order chi connectivity index (χ0) is 16.7. The van der Waals surface area contributed by atoms with Crippen molar-refractivity contribution in [2.45, 2.75) is 13.3 Å². The lowest BCUT2D eigenvalue weighted by atomic mass is 10.1. The number of carbonyl (C=O) groups is 2. The number of ketones is 1. The molecule has 0 spiro atoms. The molecule has 2 aromatic rings. The number of carbonyl (C=O) groups excluding carboxylic acids is 2. The maximum atomic E-state index is 11.9. The topological polar surface area (TPSA) is 67.4 Å². The van der Waals surface area contributed by atoms with E-state index in [-0.39, 0.29) is 11.7 Å². The smallest absolute Gasteiger partial charge is 0.226 e. The third kappa shape index (κ3) is 5.14. The average Bonchev–Trinajstić information content (AvgIpc) is 2.55. The normalized spacial score (nSPS) is 10.0. The van der Waals surface area contributed by atoms with E-state index < -0.39 is 0 Å². The summed E-state index contributed by atoms with van der Waals surface area (Å²) < 4.78 is 5.11. The number of amides is 1. The maximum Gasteiger partial charge on any atom is 0.226 e. The largest absolute Gasteiger partial charge is 0.497 e. The summed E-state index contributed by atoms with van der Waals surface area (Å²) in [6, 6.07) is 14.4. The van der Waals surface area contributed by atoms with Gasteiger partial charge in [0.05, 0.1) is 7.11 Å². The SMILES string of the molecule is COc1cccc(NC(=O)CCNc2ccc(C(C)=O)cc2)c1. The first-order chi connectivity index (χ1) is 11.1. The molecule has 0 aliphatic heterocycles. The fourth-order valence-electron chi connectivity index (χ4n) is 2.07. The molecular formula is C18H20N2O3. The Hall–Kier alpha value is -2.82. The lowest BCUT2D eigenvalue weighted by molar-refractivity contribution is -0.115. The predicted molar refractivity (Wildman–Crippen MR) is 91.2 cm³/mol. The van der Waals surface area contributed by atoms with Gasteiger partial charge in [0.15, 0.2) is 5.78 Å². The molecule has 0 atom stereocenters. The summed E-state index contributed by atoms with van der Waals surface area (Å²) in [4.78, 5) is 23.1. The number of rotatable bonds is 7. The Morgan fingerprint density at radius 2 is 1.78 bits per heavy atom. The summed E-state index contributed by atoms with van der Waals surface area (Å²) in [6.07, 6.45) is 0.339. The minimum Gasteiger partial charge on any atom is -0.497 e. The predicted octanol–water partition coefficient (Wildman–Crippen LogP) is 3.34. The maximum absolute atomic E-state index is 11.9. The van der Waals surface area contributed by atoms with Gasteiger partial charge >= 0.3 is 0 Å². The van der Waals surface area contributed by atoms with Crippen molar-refractivity contribution < 1.29 is 14.3 Å². The molecule has 23 heavy (non-hydrogen) atoms. The van der Waals surface area contributed by atoms with Gasteiger partial charge in [0, 0.05) is 36.0 Å². The quantitative estimate of drug-likeness (QED) is 0.770. The number of nitrogens with one attached hydrogen (secondary N) is 2. The summed E-state index contributed by atoms with van der Waals surface area (Å²) >= 11 is 0. The Labute approximate surface area is 135 Å². The summed E-state index contributed by atoms with van der Waals surface area (Å²) in [5.41, 5.74) is 2.26. The lowest BCUT2D eigenvalue weighted by Crippen LogP contribution is -2.16. The van der Waals surface area contributed by atoms with Gasteiger partial charge in [0.2, 0.25) is 5.91 Å². The van der Waals surface area contributed by atoms with Gasteiger partial charge in [0.1, 0.15) is 5.75 Å². The van der Waals surface area contributed by atoms with E-state index in [0.29, 0.717) is 30.0 Å². The highest BCUT2D eigenvalue weighted by molar-refractivity contribution is 5.94. The van der Waals surface area contributed by atoms with Crippen molar-refractivity contribution in [3.8, 4) is 5.75 Å². The Morgan fingerprint density at radius 3 is 2.43 bits per heavy atom. The molecule has 0 radical (unpaired) electrons. The van der Waals surface area contributed by atoms with Crippen LogP contribution >= 0.6 is 0 Å². The van der Waals surface area contributed by atoms with Crippen LogP contribution in [0.5, 0.6) is 5.75 Å². The first-order valence-corrected chi connectivity index (χ1v) is 7.37. The first kappa shape index (κ1) is 16.5. The van der Waals surface area contributed by atoms with Crippen LogP contribution in [-0.2, 0) is 4.79 Å². The molecule has 0 unspecified atom stereocenters. The number of anilines is 2. The van der Waals surface area contributed by atoms with Crippen LogP contribution in [-0.4, -0.2) is 25.3 Å². The third-order valence-electron chi connectivity index (χ3n) is 3.33. The van der Waals surface area contributed by atoms with E-state index in [1.165, 1.54) is 6.92 Å². The minimum atomic E-state index is -0.0777. The second-order valence-electron chi connectivity index (χ2n) is 5.09. The first-order valence-electron chi connectivity index (χ1n) is 7.37. The number of hydrogen-bond acceptors (Lipinski definition) is 4. The Morgan fingerprint density at radius 1 is 1.04 bits per heavy atom. The molecule has 1 amide bonds. The molecule has 0 saturated carbocycles. The second-order valence-corrected chi connectivity index (χ2v) is 5.09. The number of hydrogen-bond donors (Lipinski definition) is 2. The molecule has 2 rings (SSSR count). The van der Waals surface area contributed by atoms with Gasteiger partial charge in [-0.15, -0.1) is 0 Å². The van der Waals surface area contributed by atoms with Gasteiger partial charge in [-0.05, 0) is 43.3 Å². The molecule has 2 N–H and O–H groups in total. The molecule has 0 bridgehead atoms. The molecule has 0 heterocycles. The molecule has 0 aliphatic rings. The van der Waals surface area contributed by atoms with Gasteiger partial charge in [-0.25, -0.2) is 0 Å². The van der Waals surface area contributed by atoms with Crippen LogP contribution in [0.3, 0.4) is 0 Å². The van der Waals surface area contributed by atoms with Crippen molar-refractivity contribution in [3.63, 3.8) is 0 Å². The fourth-order valence-corrected chi connectivity index (χ4v) is 2.07. The van der Waals surface area contributed by atoms with E-state index >= 15 is 0 Å². The van der Waals surface area contributed by atoms with E-state index in [9.17, 15) is 9.59 Å². The number of Topliss-reactive ketones (excluding diaryl/α,β-unsaturated/α-hetero) is 1. The zero-order valence-electron chi connectivity index (χ0n) is 13.3. The van der Waals surface area contributed by atoms with E-state index in [1.807, 2.05) is 30.3 Å². The Kier molecular flexibility index (Phi) is 5.74. The summed E-state index contributed by atoms with van der Waals surface area (Å²) in [5.74, 6) is 0.659. The summed E-state index contributed by atoms with van der Waals surface area (Å²) in [7, 11) is 1.59. The lowest BCUT2D eigenvalue weighted by Gasteiger charge is -2.09. The van der Waals surface area contributed by atoms with E-state index in [4.69, 9.17) is 4.74 Å². The van der Waals surface area contributed by atoms with E-state index in [2.05, 4.69) is 10.6 Å². The molecule has 0 fully saturated rings. The van der Waals surface area contributed by atoms with Gasteiger partial charge in [-0.2, -0.15) is 0 Å². The van der Waals surface area contributed by atoms with Gasteiger partial charge < -0.3 is 15.4 Å². The van der Waals surface area contributed by atoms with Crippen LogP contribution in [0.4, 0.5) is 11.4 Å². The molecule has 5 heteroatoms. The number of ether oxygens (including phenoxy) is 1. The number of benzene rings is 2. The standard InChI is InChI=1S/C18H20N2O3/c1-13(21)14-6-8-15(9-7-14)19-11-10-18(22)20-16-4-3-5-17(12-16)23-2/h3-9,12,19H,10-11H2,1-2H3,(H,20,22). The number of methoxy groups -OCH3 is 1. The van der Waals surface area contributed by atoms with Crippen LogP contribution in [0, 0.1) is 0 Å².